The summed E-state index contributed by atoms with van der Waals surface area (Å²) < 4.78 is 0.905. The van der Waals surface area contributed by atoms with Crippen molar-refractivity contribution in [3.8, 4) is 0 Å². The molecule has 0 aliphatic carbocycles. The van der Waals surface area contributed by atoms with Crippen LogP contribution in [-0.4, -0.2) is 4.98 Å². The van der Waals surface area contributed by atoms with Gasteiger partial charge in [-0.05, 0) is 27.9 Å². The average molecular weight is 218 g/mol. The predicted octanol–water partition coefficient (Wildman–Crippen LogP) is 3.33. The molecule has 0 spiro atoms. The van der Waals surface area contributed by atoms with E-state index in [0.29, 0.717) is 0 Å². The molecule has 0 saturated carbocycles. The summed E-state index contributed by atoms with van der Waals surface area (Å²) in [5.41, 5.74) is 1.11. The summed E-state index contributed by atoms with van der Waals surface area (Å²) in [5.74, 6) is 0. The lowest BCUT2D eigenvalue weighted by Crippen LogP contribution is -1.76. The Labute approximate surface area is 72.9 Å². The molecule has 0 aromatic carbocycles. The van der Waals surface area contributed by atoms with Gasteiger partial charge in [0, 0.05) is 5.38 Å². The summed E-state index contributed by atoms with van der Waals surface area (Å²) in [6.45, 7) is 5.96. The monoisotopic (exact) mass is 217 g/mol. The fourth-order valence-corrected chi connectivity index (χ4v) is 1.87. The molecule has 54 valence electrons. The Balaban J connectivity index is 2.85. The molecule has 10 heavy (non-hydrogen) atoms. The van der Waals surface area contributed by atoms with Gasteiger partial charge in [0.2, 0.25) is 0 Å². The molecule has 1 aromatic rings. The van der Waals surface area contributed by atoms with E-state index in [1.165, 1.54) is 0 Å². The van der Waals surface area contributed by atoms with Crippen molar-refractivity contribution in [3.63, 3.8) is 0 Å². The van der Waals surface area contributed by atoms with Crippen LogP contribution < -0.4 is 0 Å². The lowest BCUT2D eigenvalue weighted by Gasteiger charge is -1.92. The number of nitrogens with zero attached hydrogens (tertiary/aromatic N) is 1. The first kappa shape index (κ1) is 7.95. The van der Waals surface area contributed by atoms with Crippen molar-refractivity contribution < 1.29 is 0 Å². The molecule has 1 aromatic heterocycles. The number of thiazole rings is 1. The maximum Gasteiger partial charge on any atom is 0.120 e. The number of aromatic nitrogens is 1. The highest BCUT2D eigenvalue weighted by Gasteiger charge is 2.00. The molecule has 1 rings (SSSR count). The van der Waals surface area contributed by atoms with Crippen molar-refractivity contribution in [1.29, 1.82) is 0 Å². The van der Waals surface area contributed by atoms with Crippen LogP contribution in [0, 0.1) is 0 Å². The molecule has 0 saturated heterocycles. The van der Waals surface area contributed by atoms with Crippen LogP contribution in [0.4, 0.5) is 0 Å². The minimum atomic E-state index is 0.905. The number of hydrogen-bond donors (Lipinski definition) is 0. The summed E-state index contributed by atoms with van der Waals surface area (Å²) in [6.07, 6.45) is 0.972. The maximum atomic E-state index is 4.22. The van der Waals surface area contributed by atoms with Gasteiger partial charge in [-0.3, -0.25) is 0 Å². The zero-order valence-electron chi connectivity index (χ0n) is 5.72. The SMILES string of the molecule is C=C(CC)c1nc(Br)cs1. The molecule has 0 radical (unpaired) electrons. The van der Waals surface area contributed by atoms with E-state index in [2.05, 4.69) is 34.4 Å². The first-order chi connectivity index (χ1) is 4.74. The summed E-state index contributed by atoms with van der Waals surface area (Å²) in [5, 5.41) is 3.00. The normalized spacial score (nSPS) is 9.80. The minimum Gasteiger partial charge on any atom is -0.230 e. The van der Waals surface area contributed by atoms with Crippen LogP contribution in [0.3, 0.4) is 0 Å². The molecule has 0 aliphatic rings. The van der Waals surface area contributed by atoms with Crippen LogP contribution in [0.15, 0.2) is 16.6 Å². The first-order valence-corrected chi connectivity index (χ1v) is 4.70. The Kier molecular flexibility index (Phi) is 2.63. The zero-order valence-corrected chi connectivity index (χ0v) is 8.13. The van der Waals surface area contributed by atoms with Crippen molar-refractivity contribution in [2.75, 3.05) is 0 Å². The molecule has 0 N–H and O–H groups in total. The third kappa shape index (κ3) is 1.67. The molecule has 0 aliphatic heterocycles. The molecule has 1 nitrogen and oxygen atoms in total. The summed E-state index contributed by atoms with van der Waals surface area (Å²) in [6, 6.07) is 0. The van der Waals surface area contributed by atoms with E-state index < -0.39 is 0 Å². The first-order valence-electron chi connectivity index (χ1n) is 3.03. The number of hydrogen-bond acceptors (Lipinski definition) is 2. The van der Waals surface area contributed by atoms with E-state index in [1.807, 2.05) is 5.38 Å². The molecule has 0 fully saturated rings. The van der Waals surface area contributed by atoms with Crippen molar-refractivity contribution in [3.05, 3.63) is 21.6 Å². The minimum absolute atomic E-state index is 0.905. The van der Waals surface area contributed by atoms with Gasteiger partial charge >= 0.3 is 0 Å². The quantitative estimate of drug-likeness (QED) is 0.741. The van der Waals surface area contributed by atoms with Crippen molar-refractivity contribution in [2.45, 2.75) is 13.3 Å². The Morgan fingerprint density at radius 3 is 3.00 bits per heavy atom. The highest BCUT2D eigenvalue weighted by atomic mass is 79.9. The molecule has 0 atom stereocenters. The average Bonchev–Trinajstić information content (AvgIpc) is 2.34. The predicted molar refractivity (Wildman–Crippen MR) is 49.1 cm³/mol. The van der Waals surface area contributed by atoms with Gasteiger partial charge in [0.05, 0.1) is 0 Å². The second-order valence-corrected chi connectivity index (χ2v) is 3.60. The van der Waals surface area contributed by atoms with Crippen LogP contribution >= 0.6 is 27.3 Å². The highest BCUT2D eigenvalue weighted by Crippen LogP contribution is 2.22. The van der Waals surface area contributed by atoms with Crippen LogP contribution in [0.1, 0.15) is 18.4 Å². The van der Waals surface area contributed by atoms with Gasteiger partial charge in [0.15, 0.2) is 0 Å². The van der Waals surface area contributed by atoms with Gasteiger partial charge in [-0.15, -0.1) is 11.3 Å². The van der Waals surface area contributed by atoms with Gasteiger partial charge in [0.1, 0.15) is 9.61 Å². The van der Waals surface area contributed by atoms with Crippen LogP contribution in [0.5, 0.6) is 0 Å². The van der Waals surface area contributed by atoms with E-state index in [4.69, 9.17) is 0 Å². The fourth-order valence-electron chi connectivity index (χ4n) is 0.568. The van der Waals surface area contributed by atoms with Crippen molar-refractivity contribution >= 4 is 32.8 Å². The number of rotatable bonds is 2. The molecular weight excluding hydrogens is 210 g/mol. The van der Waals surface area contributed by atoms with E-state index in [-0.39, 0.29) is 0 Å². The number of halogens is 1. The molecule has 1 heterocycles. The van der Waals surface area contributed by atoms with Crippen molar-refractivity contribution in [1.82, 2.24) is 4.98 Å². The van der Waals surface area contributed by atoms with E-state index in [9.17, 15) is 0 Å². The lowest BCUT2D eigenvalue weighted by molar-refractivity contribution is 1.21. The van der Waals surface area contributed by atoms with Crippen molar-refractivity contribution in [2.24, 2.45) is 0 Å². The number of allylic oxidation sites excluding steroid dienone is 1. The summed E-state index contributed by atoms with van der Waals surface area (Å²) in [7, 11) is 0. The van der Waals surface area contributed by atoms with Gasteiger partial charge in [-0.25, -0.2) is 4.98 Å². The largest absolute Gasteiger partial charge is 0.230 e. The van der Waals surface area contributed by atoms with Gasteiger partial charge in [-0.2, -0.15) is 0 Å². The third-order valence-electron chi connectivity index (χ3n) is 1.21. The summed E-state index contributed by atoms with van der Waals surface area (Å²) in [4.78, 5) is 4.22. The highest BCUT2D eigenvalue weighted by molar-refractivity contribution is 9.10. The van der Waals surface area contributed by atoms with Crippen LogP contribution in [0.2, 0.25) is 0 Å². The molecule has 0 amide bonds. The van der Waals surface area contributed by atoms with Crippen LogP contribution in [0.25, 0.3) is 5.57 Å². The Hall–Kier alpha value is -0.150. The maximum absolute atomic E-state index is 4.22. The van der Waals surface area contributed by atoms with Gasteiger partial charge in [-0.1, -0.05) is 13.5 Å². The Bertz CT molecular complexity index is 242. The molecule has 3 heteroatoms. The molecule has 0 bridgehead atoms. The van der Waals surface area contributed by atoms with E-state index >= 15 is 0 Å². The Morgan fingerprint density at radius 1 is 1.90 bits per heavy atom. The topological polar surface area (TPSA) is 12.9 Å². The smallest absolute Gasteiger partial charge is 0.120 e. The van der Waals surface area contributed by atoms with E-state index in [1.54, 1.807) is 11.3 Å². The summed E-state index contributed by atoms with van der Waals surface area (Å²) >= 11 is 4.91. The Morgan fingerprint density at radius 2 is 2.60 bits per heavy atom. The second kappa shape index (κ2) is 3.30. The standard InChI is InChI=1S/C7H8BrNS/c1-3-5(2)7-9-6(8)4-10-7/h4H,2-3H2,1H3. The molecular formula is C7H8BrNS. The third-order valence-corrected chi connectivity index (χ3v) is 2.86. The zero-order chi connectivity index (χ0) is 7.56. The van der Waals surface area contributed by atoms with Crippen LogP contribution in [-0.2, 0) is 0 Å². The van der Waals surface area contributed by atoms with Gasteiger partial charge < -0.3 is 0 Å². The van der Waals surface area contributed by atoms with E-state index in [0.717, 1.165) is 21.6 Å². The second-order valence-electron chi connectivity index (χ2n) is 1.93. The lowest BCUT2D eigenvalue weighted by atomic mass is 10.2. The molecule has 0 unspecified atom stereocenters. The van der Waals surface area contributed by atoms with Gasteiger partial charge in [0.25, 0.3) is 0 Å². The fraction of sp³-hybridized carbons (Fsp3) is 0.286.